The van der Waals surface area contributed by atoms with Gasteiger partial charge in [-0.05, 0) is 6.92 Å². The van der Waals surface area contributed by atoms with Crippen molar-refractivity contribution in [1.82, 2.24) is 29.8 Å². The Morgan fingerprint density at radius 1 is 1.32 bits per heavy atom. The first-order chi connectivity index (χ1) is 11.8. The quantitative estimate of drug-likeness (QED) is 0.399. The van der Waals surface area contributed by atoms with E-state index in [1.165, 1.54) is 0 Å². The Balaban J connectivity index is 0.00000225. The molecular weight excluding hydrogens is 433 g/mol. The Labute approximate surface area is 165 Å². The second kappa shape index (κ2) is 10.4. The van der Waals surface area contributed by atoms with Crippen molar-refractivity contribution in [2.45, 2.75) is 20.0 Å². The molecule has 0 unspecified atom stereocenters. The molecule has 2 aromatic rings. The summed E-state index contributed by atoms with van der Waals surface area (Å²) in [7, 11) is 0. The van der Waals surface area contributed by atoms with Gasteiger partial charge in [0.2, 0.25) is 0 Å². The van der Waals surface area contributed by atoms with Crippen molar-refractivity contribution in [3.8, 4) is 0 Å². The maximum atomic E-state index is 4.90. The van der Waals surface area contributed by atoms with Gasteiger partial charge in [0.25, 0.3) is 0 Å². The maximum absolute atomic E-state index is 4.90. The number of hydrogen-bond donors (Lipinski definition) is 1. The molecule has 0 spiro atoms. The van der Waals surface area contributed by atoms with Gasteiger partial charge in [0, 0.05) is 64.3 Å². The summed E-state index contributed by atoms with van der Waals surface area (Å²) >= 11 is 0. The number of imidazole rings is 1. The lowest BCUT2D eigenvalue weighted by Crippen LogP contribution is -2.52. The zero-order valence-electron chi connectivity index (χ0n) is 14.5. The number of hydrogen-bond acceptors (Lipinski definition) is 5. The molecule has 0 radical (unpaired) electrons. The molecule has 1 fully saturated rings. The first kappa shape index (κ1) is 19.7. The molecule has 0 aromatic carbocycles. The summed E-state index contributed by atoms with van der Waals surface area (Å²) in [6, 6.07) is 1.92. The maximum Gasteiger partial charge on any atom is 0.194 e. The summed E-state index contributed by atoms with van der Waals surface area (Å²) < 4.78 is 6.94. The zero-order chi connectivity index (χ0) is 16.6. The van der Waals surface area contributed by atoms with Gasteiger partial charge in [-0.25, -0.2) is 4.98 Å². The van der Waals surface area contributed by atoms with E-state index < -0.39 is 0 Å². The van der Waals surface area contributed by atoms with Gasteiger partial charge in [-0.1, -0.05) is 5.16 Å². The largest absolute Gasteiger partial charge is 0.364 e. The molecule has 3 rings (SSSR count). The molecule has 138 valence electrons. The van der Waals surface area contributed by atoms with Gasteiger partial charge in [0.1, 0.15) is 6.26 Å². The van der Waals surface area contributed by atoms with Crippen LogP contribution in [0, 0.1) is 0 Å². The predicted octanol–water partition coefficient (Wildman–Crippen LogP) is 1.27. The Kier molecular flexibility index (Phi) is 8.19. The second-order valence-corrected chi connectivity index (χ2v) is 5.79. The van der Waals surface area contributed by atoms with Crippen molar-refractivity contribution in [3.63, 3.8) is 0 Å². The fourth-order valence-corrected chi connectivity index (χ4v) is 2.78. The van der Waals surface area contributed by atoms with Gasteiger partial charge in [-0.2, -0.15) is 0 Å². The highest BCUT2D eigenvalue weighted by molar-refractivity contribution is 14.0. The smallest absolute Gasteiger partial charge is 0.194 e. The van der Waals surface area contributed by atoms with E-state index in [0.29, 0.717) is 0 Å². The summed E-state index contributed by atoms with van der Waals surface area (Å²) in [5.41, 5.74) is 0.990. The number of aliphatic imine (C=N–C) groups is 1. The number of guanidine groups is 1. The third kappa shape index (κ3) is 5.99. The molecule has 8 nitrogen and oxygen atoms in total. The van der Waals surface area contributed by atoms with Gasteiger partial charge < -0.3 is 19.3 Å². The lowest BCUT2D eigenvalue weighted by Gasteiger charge is -2.36. The van der Waals surface area contributed by atoms with Crippen LogP contribution in [0.3, 0.4) is 0 Å². The van der Waals surface area contributed by atoms with Crippen LogP contribution in [0.5, 0.6) is 0 Å². The fourth-order valence-electron chi connectivity index (χ4n) is 2.78. The van der Waals surface area contributed by atoms with Crippen molar-refractivity contribution in [3.05, 3.63) is 36.7 Å². The summed E-state index contributed by atoms with van der Waals surface area (Å²) in [5.74, 6) is 0.999. The van der Waals surface area contributed by atoms with E-state index >= 15 is 0 Å². The third-order valence-electron chi connectivity index (χ3n) is 4.06. The van der Waals surface area contributed by atoms with Crippen molar-refractivity contribution in [1.29, 1.82) is 0 Å². The lowest BCUT2D eigenvalue weighted by atomic mass is 10.3. The molecule has 25 heavy (non-hydrogen) atoms. The van der Waals surface area contributed by atoms with Crippen molar-refractivity contribution in [2.24, 2.45) is 4.99 Å². The molecular formula is C16H26IN7O. The number of halogens is 1. The van der Waals surface area contributed by atoms with E-state index in [9.17, 15) is 0 Å². The van der Waals surface area contributed by atoms with Crippen LogP contribution in [0.1, 0.15) is 12.6 Å². The number of aromatic nitrogens is 3. The lowest BCUT2D eigenvalue weighted by molar-refractivity contribution is 0.169. The summed E-state index contributed by atoms with van der Waals surface area (Å²) in [6.45, 7) is 9.36. The summed E-state index contributed by atoms with van der Waals surface area (Å²) in [5, 5.41) is 7.38. The first-order valence-electron chi connectivity index (χ1n) is 8.46. The van der Waals surface area contributed by atoms with Crippen LogP contribution in [0.15, 0.2) is 40.6 Å². The van der Waals surface area contributed by atoms with Gasteiger partial charge in [0.05, 0.1) is 18.6 Å². The van der Waals surface area contributed by atoms with E-state index in [1.54, 1.807) is 12.5 Å². The highest BCUT2D eigenvalue weighted by Crippen LogP contribution is 2.07. The molecule has 0 atom stereocenters. The van der Waals surface area contributed by atoms with Crippen LogP contribution in [0.2, 0.25) is 0 Å². The van der Waals surface area contributed by atoms with Crippen molar-refractivity contribution >= 4 is 29.9 Å². The molecule has 0 amide bonds. The normalized spacial score (nSPS) is 15.9. The molecule has 1 aliphatic rings. The van der Waals surface area contributed by atoms with E-state index in [2.05, 4.69) is 32.2 Å². The van der Waals surface area contributed by atoms with Crippen LogP contribution in [-0.2, 0) is 13.1 Å². The third-order valence-corrected chi connectivity index (χ3v) is 4.06. The van der Waals surface area contributed by atoms with Crippen molar-refractivity contribution in [2.75, 3.05) is 39.3 Å². The standard InChI is InChI=1S/C16H25N7O.HI/c1-2-18-16(19-5-7-22-6-4-17-14-22)23-10-8-21(9-11-23)13-15-3-12-24-20-15;/h3-4,6,12,14H,2,5,7-11,13H2,1H3,(H,18,19);1H. The highest BCUT2D eigenvalue weighted by atomic mass is 127. The molecule has 0 bridgehead atoms. The van der Waals surface area contributed by atoms with E-state index in [0.717, 1.165) is 64.0 Å². The van der Waals surface area contributed by atoms with Gasteiger partial charge in [-0.15, -0.1) is 24.0 Å². The number of rotatable bonds is 6. The average molecular weight is 459 g/mol. The molecule has 1 saturated heterocycles. The van der Waals surface area contributed by atoms with Gasteiger partial charge in [0.15, 0.2) is 5.96 Å². The van der Waals surface area contributed by atoms with Crippen molar-refractivity contribution < 1.29 is 4.52 Å². The molecule has 1 N–H and O–H groups in total. The predicted molar refractivity (Wildman–Crippen MR) is 107 cm³/mol. The minimum Gasteiger partial charge on any atom is -0.364 e. The molecule has 3 heterocycles. The monoisotopic (exact) mass is 459 g/mol. The van der Waals surface area contributed by atoms with Crippen LogP contribution in [0.25, 0.3) is 0 Å². The Bertz CT molecular complexity index is 606. The molecule has 1 aliphatic heterocycles. The minimum absolute atomic E-state index is 0. The minimum atomic E-state index is 0. The van der Waals surface area contributed by atoms with Gasteiger partial charge >= 0.3 is 0 Å². The molecule has 0 aliphatic carbocycles. The zero-order valence-corrected chi connectivity index (χ0v) is 16.9. The Morgan fingerprint density at radius 2 is 2.16 bits per heavy atom. The highest BCUT2D eigenvalue weighted by Gasteiger charge is 2.20. The molecule has 0 saturated carbocycles. The first-order valence-corrected chi connectivity index (χ1v) is 8.46. The van der Waals surface area contributed by atoms with E-state index in [-0.39, 0.29) is 24.0 Å². The van der Waals surface area contributed by atoms with Crippen LogP contribution < -0.4 is 5.32 Å². The van der Waals surface area contributed by atoms with Gasteiger partial charge in [-0.3, -0.25) is 9.89 Å². The topological polar surface area (TPSA) is 74.7 Å². The van der Waals surface area contributed by atoms with E-state index in [4.69, 9.17) is 9.52 Å². The number of nitrogens with zero attached hydrogens (tertiary/aromatic N) is 6. The number of nitrogens with one attached hydrogen (secondary N) is 1. The summed E-state index contributed by atoms with van der Waals surface area (Å²) in [6.07, 6.45) is 7.21. The molecule has 9 heteroatoms. The Morgan fingerprint density at radius 3 is 2.80 bits per heavy atom. The fraction of sp³-hybridized carbons (Fsp3) is 0.562. The summed E-state index contributed by atoms with van der Waals surface area (Å²) in [4.78, 5) is 13.5. The average Bonchev–Trinajstić information content (AvgIpc) is 3.29. The second-order valence-electron chi connectivity index (χ2n) is 5.79. The SMILES string of the molecule is CCNC(=NCCn1ccnc1)N1CCN(Cc2ccon2)CC1.I. The van der Waals surface area contributed by atoms with Crippen LogP contribution in [0.4, 0.5) is 0 Å². The number of piperazine rings is 1. The van der Waals surface area contributed by atoms with Crippen LogP contribution in [-0.4, -0.2) is 69.7 Å². The van der Waals surface area contributed by atoms with E-state index in [1.807, 2.05) is 23.2 Å². The Hall–Kier alpha value is -1.62. The van der Waals surface area contributed by atoms with Crippen LogP contribution >= 0.6 is 24.0 Å². The molecule has 2 aromatic heterocycles.